The van der Waals surface area contributed by atoms with Gasteiger partial charge in [0, 0.05) is 5.88 Å². The largest absolute Gasteiger partial charge is 0.514 e. The third kappa shape index (κ3) is 5.83. The number of ether oxygens (including phenoxy) is 1. The van der Waals surface area contributed by atoms with Crippen molar-refractivity contribution in [1.82, 2.24) is 0 Å². The van der Waals surface area contributed by atoms with Crippen molar-refractivity contribution in [2.45, 2.75) is 32.8 Å². The van der Waals surface area contributed by atoms with Gasteiger partial charge < -0.3 is 4.74 Å². The van der Waals surface area contributed by atoms with Crippen LogP contribution in [0.4, 0.5) is 13.2 Å². The van der Waals surface area contributed by atoms with Crippen LogP contribution in [0.2, 0.25) is 0 Å². The lowest BCUT2D eigenvalue weighted by Crippen LogP contribution is -2.42. The molecule has 0 aliphatic carbocycles. The predicted molar refractivity (Wildman–Crippen MR) is 129 cm³/mol. The first-order valence-electron chi connectivity index (χ1n) is 10.4. The first-order valence-corrected chi connectivity index (χ1v) is 14.0. The first-order chi connectivity index (χ1) is 16.6. The maximum atomic E-state index is 15.0. The normalized spacial score (nSPS) is 12.8. The number of rotatable bonds is 11. The third-order valence-corrected chi connectivity index (χ3v) is 10.5. The molecular formula is C24H23ClF3O5S2+. The Balaban J connectivity index is 2.16. The number of esters is 1. The molecule has 5 nitrogen and oxygen atoms in total. The van der Waals surface area contributed by atoms with E-state index in [1.54, 1.807) is 60.7 Å². The van der Waals surface area contributed by atoms with E-state index in [1.165, 1.54) is 12.1 Å². The van der Waals surface area contributed by atoms with Crippen LogP contribution in [-0.4, -0.2) is 35.8 Å². The van der Waals surface area contributed by atoms with E-state index in [4.69, 9.17) is 11.6 Å². The van der Waals surface area contributed by atoms with Crippen LogP contribution in [0, 0.1) is 5.82 Å². The van der Waals surface area contributed by atoms with Crippen LogP contribution in [0.25, 0.3) is 0 Å². The predicted octanol–water partition coefficient (Wildman–Crippen LogP) is 6.60. The Morgan fingerprint density at radius 3 is 1.80 bits per heavy atom. The van der Waals surface area contributed by atoms with Gasteiger partial charge in [-0.2, -0.15) is 8.78 Å². The van der Waals surface area contributed by atoms with Crippen LogP contribution < -0.4 is 0 Å². The number of halogens is 4. The molecule has 0 heterocycles. The van der Waals surface area contributed by atoms with Gasteiger partial charge in [0.25, 0.3) is 0 Å². The molecule has 3 aromatic carbocycles. The van der Waals surface area contributed by atoms with Gasteiger partial charge in [0.2, 0.25) is 0 Å². The summed E-state index contributed by atoms with van der Waals surface area (Å²) in [6, 6.07) is 20.7. The van der Waals surface area contributed by atoms with Gasteiger partial charge in [0.05, 0.1) is 31.6 Å². The minimum absolute atomic E-state index is 0.186. The molecule has 1 N–H and O–H groups in total. The molecule has 0 amide bonds. The summed E-state index contributed by atoms with van der Waals surface area (Å²) in [6.07, 6.45) is 0.596. The van der Waals surface area contributed by atoms with Gasteiger partial charge in [0.15, 0.2) is 0 Å². The molecule has 0 saturated carbocycles. The quantitative estimate of drug-likeness (QED) is 0.0891. The highest BCUT2D eigenvalue weighted by atomic mass is 35.5. The molecule has 3 aromatic rings. The van der Waals surface area contributed by atoms with E-state index in [9.17, 15) is 17.6 Å². The van der Waals surface area contributed by atoms with Gasteiger partial charge in [-0.3, -0.25) is 3.63 Å². The van der Waals surface area contributed by atoms with Gasteiger partial charge in [-0.05, 0) is 61.4 Å². The highest BCUT2D eigenvalue weighted by Gasteiger charge is 2.63. The standard InChI is InChI=1S/C24H22ClF3O5S2/c25-17-7-8-18-32-23(29)24(27,28)35(30,31)33-34(20-9-3-1-4-10-20,21-11-5-2-6-12-21)22-15-13-19(26)14-16-22/h1-6,9-16H,7-8,17-18H2/p+1. The van der Waals surface area contributed by atoms with Crippen molar-refractivity contribution in [2.24, 2.45) is 0 Å². The highest BCUT2D eigenvalue weighted by molar-refractivity contribution is 8.32. The minimum atomic E-state index is -5.78. The summed E-state index contributed by atoms with van der Waals surface area (Å²) in [6.45, 7) is -0.413. The molecule has 11 heteroatoms. The third-order valence-electron chi connectivity index (χ3n) is 4.86. The van der Waals surface area contributed by atoms with Crippen molar-refractivity contribution in [2.75, 3.05) is 12.5 Å². The zero-order valence-corrected chi connectivity index (χ0v) is 20.7. The van der Waals surface area contributed by atoms with Gasteiger partial charge in [0.1, 0.15) is 5.82 Å². The van der Waals surface area contributed by atoms with Crippen molar-refractivity contribution in [3.05, 3.63) is 90.7 Å². The minimum Gasteiger partial charge on any atom is -0.460 e. The van der Waals surface area contributed by atoms with E-state index in [0.29, 0.717) is 16.2 Å². The molecule has 0 aliphatic rings. The van der Waals surface area contributed by atoms with Crippen molar-refractivity contribution < 1.29 is 34.7 Å². The monoisotopic (exact) mass is 547 g/mol. The number of alkyl halides is 3. The second kappa shape index (κ2) is 11.5. The Kier molecular flexibility index (Phi) is 8.87. The molecule has 0 aromatic heterocycles. The zero-order chi connectivity index (χ0) is 25.5. The number of benzene rings is 3. The Morgan fingerprint density at radius 2 is 1.31 bits per heavy atom. The maximum Gasteiger partial charge on any atom is 0.514 e. The van der Waals surface area contributed by atoms with Crippen LogP contribution in [0.5, 0.6) is 0 Å². The van der Waals surface area contributed by atoms with E-state index >= 15 is 8.78 Å². The molecule has 0 bridgehead atoms. The fourth-order valence-corrected chi connectivity index (χ4v) is 8.64. The molecular weight excluding hydrogens is 525 g/mol. The van der Waals surface area contributed by atoms with Crippen molar-refractivity contribution in [1.29, 1.82) is 0 Å². The Labute approximate surface area is 208 Å². The van der Waals surface area contributed by atoms with E-state index in [2.05, 4.69) is 8.37 Å². The molecule has 35 heavy (non-hydrogen) atoms. The van der Waals surface area contributed by atoms with E-state index in [-0.39, 0.29) is 17.2 Å². The van der Waals surface area contributed by atoms with Gasteiger partial charge >= 0.3 is 21.3 Å². The Bertz CT molecular complexity index is 1190. The summed E-state index contributed by atoms with van der Waals surface area (Å²) in [7, 11) is -9.07. The van der Waals surface area contributed by atoms with Crippen LogP contribution in [0.3, 0.4) is 0 Å². The number of hydrogen-bond acceptors (Lipinski definition) is 4. The van der Waals surface area contributed by atoms with E-state index in [0.717, 1.165) is 12.1 Å². The average molecular weight is 548 g/mol. The Hall–Kier alpha value is -2.53. The molecule has 0 atom stereocenters. The van der Waals surface area contributed by atoms with E-state index < -0.39 is 44.1 Å². The second-order valence-electron chi connectivity index (χ2n) is 7.26. The molecule has 0 aliphatic heterocycles. The highest BCUT2D eigenvalue weighted by Crippen LogP contribution is 2.68. The number of carbonyl (C=O) groups is 1. The van der Waals surface area contributed by atoms with Crippen molar-refractivity contribution in [3.63, 3.8) is 0 Å². The number of carbonyl (C=O) groups excluding carboxylic acids is 1. The number of hydrogen-bond donors (Lipinski definition) is 0. The smallest absolute Gasteiger partial charge is 0.460 e. The van der Waals surface area contributed by atoms with Gasteiger partial charge in [-0.1, -0.05) is 36.4 Å². The summed E-state index contributed by atoms with van der Waals surface area (Å²) >= 11 is 5.52. The molecule has 0 fully saturated rings. The van der Waals surface area contributed by atoms with Crippen molar-refractivity contribution in [3.8, 4) is 0 Å². The van der Waals surface area contributed by atoms with Crippen LogP contribution in [0.1, 0.15) is 12.8 Å². The van der Waals surface area contributed by atoms with Crippen LogP contribution in [0.15, 0.2) is 99.6 Å². The SMILES string of the molecule is O=C(OCCCCCl)C(F)(F)S(=O)(=O)[OH+]S(c1ccccc1)(c1ccccc1)c1ccc(F)cc1. The summed E-state index contributed by atoms with van der Waals surface area (Å²) < 4.78 is 78.3. The summed E-state index contributed by atoms with van der Waals surface area (Å²) in [5, 5.41) is -4.95. The Morgan fingerprint density at radius 1 is 0.829 bits per heavy atom. The first kappa shape index (κ1) is 27.1. The van der Waals surface area contributed by atoms with E-state index in [1.807, 2.05) is 0 Å². The maximum absolute atomic E-state index is 15.0. The van der Waals surface area contributed by atoms with Crippen LogP contribution in [-0.2, 0) is 19.6 Å². The topological polar surface area (TPSA) is 73.2 Å². The number of unbranched alkanes of at least 4 members (excludes halogenated alkanes) is 1. The second-order valence-corrected chi connectivity index (χ2v) is 12.3. The molecule has 188 valence electrons. The molecule has 0 saturated heterocycles. The average Bonchev–Trinajstić information content (AvgIpc) is 2.86. The zero-order valence-electron chi connectivity index (χ0n) is 18.3. The van der Waals surface area contributed by atoms with Crippen molar-refractivity contribution >= 4 is 38.0 Å². The fourth-order valence-electron chi connectivity index (χ4n) is 3.15. The van der Waals surface area contributed by atoms with Gasteiger partial charge in [-0.15, -0.1) is 20.0 Å². The lowest BCUT2D eigenvalue weighted by atomic mass is 10.3. The lowest BCUT2D eigenvalue weighted by molar-refractivity contribution is -0.161. The lowest BCUT2D eigenvalue weighted by Gasteiger charge is -2.35. The summed E-state index contributed by atoms with van der Waals surface area (Å²) in [4.78, 5) is 12.9. The molecule has 0 unspecified atom stereocenters. The van der Waals surface area contributed by atoms with Gasteiger partial charge in [-0.25, -0.2) is 9.18 Å². The van der Waals surface area contributed by atoms with Crippen LogP contribution >= 0.6 is 21.9 Å². The molecule has 3 rings (SSSR count). The molecule has 0 spiro atoms. The summed E-state index contributed by atoms with van der Waals surface area (Å²) in [5.74, 6) is -2.58. The fraction of sp³-hybridized carbons (Fsp3) is 0.208. The summed E-state index contributed by atoms with van der Waals surface area (Å²) in [5.41, 5.74) is 0. The molecule has 0 radical (unpaired) electrons.